The van der Waals surface area contributed by atoms with Gasteiger partial charge in [0.1, 0.15) is 5.75 Å². The number of hydrogen-bond acceptors (Lipinski definition) is 3. The third-order valence-corrected chi connectivity index (χ3v) is 5.26. The summed E-state index contributed by atoms with van der Waals surface area (Å²) in [6.07, 6.45) is 8.20. The van der Waals surface area contributed by atoms with Gasteiger partial charge in [-0.1, -0.05) is 31.7 Å². The first-order chi connectivity index (χ1) is 11.3. The summed E-state index contributed by atoms with van der Waals surface area (Å²) in [6, 6.07) is 8.21. The van der Waals surface area contributed by atoms with Crippen LogP contribution in [0.25, 0.3) is 0 Å². The summed E-state index contributed by atoms with van der Waals surface area (Å²) in [5.41, 5.74) is 0.729. The Bertz CT molecular complexity index is 516. The largest absolute Gasteiger partial charge is 0.497 e. The first kappa shape index (κ1) is 16.3. The number of methoxy groups -OCH3 is 1. The number of piperazine rings is 1. The average molecular weight is 316 g/mol. The number of carbonyl (C=O) groups excluding carboxylic acids is 1. The topological polar surface area (TPSA) is 32.8 Å². The van der Waals surface area contributed by atoms with Crippen LogP contribution in [0.5, 0.6) is 5.75 Å². The Morgan fingerprint density at radius 3 is 2.39 bits per heavy atom. The van der Waals surface area contributed by atoms with Crippen LogP contribution in [0.1, 0.15) is 48.9 Å². The van der Waals surface area contributed by atoms with Crippen LogP contribution in [-0.4, -0.2) is 55.0 Å². The quantitative estimate of drug-likeness (QED) is 0.803. The molecule has 126 valence electrons. The number of carbonyl (C=O) groups is 1. The van der Waals surface area contributed by atoms with Gasteiger partial charge in [-0.05, 0) is 31.0 Å². The van der Waals surface area contributed by atoms with Gasteiger partial charge in [0, 0.05) is 37.8 Å². The maximum atomic E-state index is 12.7. The van der Waals surface area contributed by atoms with Crippen LogP contribution in [0.4, 0.5) is 0 Å². The molecule has 1 amide bonds. The summed E-state index contributed by atoms with van der Waals surface area (Å²) in [6.45, 7) is 3.71. The van der Waals surface area contributed by atoms with E-state index in [1.807, 2.05) is 29.2 Å². The fraction of sp³-hybridized carbons (Fsp3) is 0.632. The molecular weight excluding hydrogens is 288 g/mol. The molecule has 1 aromatic rings. The van der Waals surface area contributed by atoms with Gasteiger partial charge in [0.05, 0.1) is 7.11 Å². The van der Waals surface area contributed by atoms with Crippen molar-refractivity contribution in [1.82, 2.24) is 9.80 Å². The monoisotopic (exact) mass is 316 g/mol. The second-order valence-electron chi connectivity index (χ2n) is 6.71. The van der Waals surface area contributed by atoms with Crippen LogP contribution in [0.2, 0.25) is 0 Å². The standard InChI is InChI=1S/C19H28N2O2/c1-23-18-10-6-7-16(15-18)19(22)21-13-11-20(12-14-21)17-8-4-2-3-5-9-17/h6-7,10,15,17H,2-5,8-9,11-14H2,1H3. The van der Waals surface area contributed by atoms with E-state index in [9.17, 15) is 4.79 Å². The van der Waals surface area contributed by atoms with Crippen molar-refractivity contribution in [3.05, 3.63) is 29.8 Å². The third-order valence-electron chi connectivity index (χ3n) is 5.26. The predicted octanol–water partition coefficient (Wildman–Crippen LogP) is 3.18. The summed E-state index contributed by atoms with van der Waals surface area (Å²) < 4.78 is 5.22. The van der Waals surface area contributed by atoms with E-state index in [1.54, 1.807) is 7.11 Å². The van der Waals surface area contributed by atoms with E-state index < -0.39 is 0 Å². The lowest BCUT2D eigenvalue weighted by atomic mass is 10.1. The minimum Gasteiger partial charge on any atom is -0.497 e. The molecule has 0 spiro atoms. The van der Waals surface area contributed by atoms with Crippen molar-refractivity contribution in [3.8, 4) is 5.75 Å². The molecule has 0 bridgehead atoms. The van der Waals surface area contributed by atoms with Gasteiger partial charge in [0.25, 0.3) is 5.91 Å². The zero-order chi connectivity index (χ0) is 16.1. The van der Waals surface area contributed by atoms with Crippen LogP contribution in [-0.2, 0) is 0 Å². The normalized spacial score (nSPS) is 21.0. The summed E-state index contributed by atoms with van der Waals surface area (Å²) in [5.74, 6) is 0.873. The average Bonchev–Trinajstić information content (AvgIpc) is 2.91. The Morgan fingerprint density at radius 1 is 1.04 bits per heavy atom. The molecule has 2 aliphatic rings. The molecule has 1 saturated heterocycles. The van der Waals surface area contributed by atoms with E-state index in [4.69, 9.17) is 4.74 Å². The summed E-state index contributed by atoms with van der Waals surface area (Å²) in [4.78, 5) is 17.3. The molecule has 1 aliphatic heterocycles. The van der Waals surface area contributed by atoms with E-state index in [0.717, 1.165) is 43.5 Å². The lowest BCUT2D eigenvalue weighted by molar-refractivity contribution is 0.0551. The van der Waals surface area contributed by atoms with Gasteiger partial charge in [-0.3, -0.25) is 9.69 Å². The predicted molar refractivity (Wildman–Crippen MR) is 92.0 cm³/mol. The number of amides is 1. The third kappa shape index (κ3) is 4.05. The molecule has 23 heavy (non-hydrogen) atoms. The summed E-state index contributed by atoms with van der Waals surface area (Å²) in [5, 5.41) is 0. The van der Waals surface area contributed by atoms with Gasteiger partial charge in [0.2, 0.25) is 0 Å². The molecule has 1 saturated carbocycles. The van der Waals surface area contributed by atoms with Gasteiger partial charge in [0.15, 0.2) is 0 Å². The van der Waals surface area contributed by atoms with Crippen molar-refractivity contribution in [3.63, 3.8) is 0 Å². The second kappa shape index (κ2) is 7.82. The molecule has 0 N–H and O–H groups in total. The van der Waals surface area contributed by atoms with Crippen LogP contribution in [0.3, 0.4) is 0 Å². The van der Waals surface area contributed by atoms with Gasteiger partial charge in [-0.25, -0.2) is 0 Å². The fourth-order valence-corrected chi connectivity index (χ4v) is 3.85. The number of rotatable bonds is 3. The van der Waals surface area contributed by atoms with Crippen LogP contribution >= 0.6 is 0 Å². The Morgan fingerprint density at radius 2 is 1.74 bits per heavy atom. The maximum absolute atomic E-state index is 12.7. The molecule has 1 heterocycles. The highest BCUT2D eigenvalue weighted by Gasteiger charge is 2.27. The van der Waals surface area contributed by atoms with Crippen molar-refractivity contribution >= 4 is 5.91 Å². The van der Waals surface area contributed by atoms with Gasteiger partial charge in [-0.2, -0.15) is 0 Å². The van der Waals surface area contributed by atoms with E-state index in [1.165, 1.54) is 38.5 Å². The van der Waals surface area contributed by atoms with E-state index in [2.05, 4.69) is 4.90 Å². The summed E-state index contributed by atoms with van der Waals surface area (Å²) >= 11 is 0. The van der Waals surface area contributed by atoms with Crippen molar-refractivity contribution in [2.45, 2.75) is 44.6 Å². The molecule has 0 unspecified atom stereocenters. The van der Waals surface area contributed by atoms with Crippen LogP contribution in [0, 0.1) is 0 Å². The van der Waals surface area contributed by atoms with Gasteiger partial charge < -0.3 is 9.64 Å². The zero-order valence-electron chi connectivity index (χ0n) is 14.2. The Labute approximate surface area is 139 Å². The first-order valence-electron chi connectivity index (χ1n) is 8.95. The SMILES string of the molecule is COc1cccc(C(=O)N2CCN(C3CCCCCC3)CC2)c1. The van der Waals surface area contributed by atoms with Crippen LogP contribution < -0.4 is 4.74 Å². The van der Waals surface area contributed by atoms with Crippen molar-refractivity contribution < 1.29 is 9.53 Å². The maximum Gasteiger partial charge on any atom is 0.254 e. The van der Waals surface area contributed by atoms with Crippen molar-refractivity contribution in [2.24, 2.45) is 0 Å². The van der Waals surface area contributed by atoms with Gasteiger partial charge >= 0.3 is 0 Å². The minimum absolute atomic E-state index is 0.129. The van der Waals surface area contributed by atoms with Crippen molar-refractivity contribution in [1.29, 1.82) is 0 Å². The molecule has 4 nitrogen and oxygen atoms in total. The molecule has 4 heteroatoms. The number of nitrogens with zero attached hydrogens (tertiary/aromatic N) is 2. The van der Waals surface area contributed by atoms with E-state index in [0.29, 0.717) is 0 Å². The lowest BCUT2D eigenvalue weighted by Gasteiger charge is -2.39. The highest BCUT2D eigenvalue weighted by Crippen LogP contribution is 2.23. The van der Waals surface area contributed by atoms with Crippen molar-refractivity contribution in [2.75, 3.05) is 33.3 Å². The molecule has 1 aliphatic carbocycles. The second-order valence-corrected chi connectivity index (χ2v) is 6.71. The Balaban J connectivity index is 1.56. The lowest BCUT2D eigenvalue weighted by Crippen LogP contribution is -2.51. The summed E-state index contributed by atoms with van der Waals surface area (Å²) in [7, 11) is 1.63. The molecular formula is C19H28N2O2. The van der Waals surface area contributed by atoms with Gasteiger partial charge in [-0.15, -0.1) is 0 Å². The smallest absolute Gasteiger partial charge is 0.254 e. The first-order valence-corrected chi connectivity index (χ1v) is 8.95. The van der Waals surface area contributed by atoms with E-state index in [-0.39, 0.29) is 5.91 Å². The Hall–Kier alpha value is -1.55. The van der Waals surface area contributed by atoms with E-state index >= 15 is 0 Å². The number of benzene rings is 1. The molecule has 0 radical (unpaired) electrons. The minimum atomic E-state index is 0.129. The molecule has 2 fully saturated rings. The molecule has 1 aromatic carbocycles. The van der Waals surface area contributed by atoms with Crippen LogP contribution in [0.15, 0.2) is 24.3 Å². The fourth-order valence-electron chi connectivity index (χ4n) is 3.85. The highest BCUT2D eigenvalue weighted by atomic mass is 16.5. The molecule has 3 rings (SSSR count). The number of hydrogen-bond donors (Lipinski definition) is 0. The zero-order valence-corrected chi connectivity index (χ0v) is 14.2. The highest BCUT2D eigenvalue weighted by molar-refractivity contribution is 5.94. The Kier molecular flexibility index (Phi) is 5.55. The molecule has 0 aromatic heterocycles. The molecule has 0 atom stereocenters. The number of ether oxygens (including phenoxy) is 1.